The SMILES string of the molecule is O=S(=O)(NCc1cccc(O)c1)N1CCOCC1. The maximum Gasteiger partial charge on any atom is 0.279 e. The molecule has 100 valence electrons. The Bertz CT molecular complexity index is 498. The molecule has 0 aromatic heterocycles. The summed E-state index contributed by atoms with van der Waals surface area (Å²) >= 11 is 0. The first kappa shape index (κ1) is 13.3. The van der Waals surface area contributed by atoms with E-state index in [4.69, 9.17) is 4.74 Å². The molecule has 1 aromatic carbocycles. The fourth-order valence-electron chi connectivity index (χ4n) is 1.72. The predicted octanol–water partition coefficient (Wildman–Crippen LogP) is 0.0588. The molecular formula is C11H16N2O4S. The monoisotopic (exact) mass is 272 g/mol. The first-order valence-electron chi connectivity index (χ1n) is 5.68. The highest BCUT2D eigenvalue weighted by molar-refractivity contribution is 7.87. The lowest BCUT2D eigenvalue weighted by Crippen LogP contribution is -2.46. The van der Waals surface area contributed by atoms with Gasteiger partial charge in [-0.3, -0.25) is 0 Å². The Morgan fingerprint density at radius 3 is 2.72 bits per heavy atom. The third kappa shape index (κ3) is 3.42. The Morgan fingerprint density at radius 1 is 1.33 bits per heavy atom. The maximum atomic E-state index is 11.9. The largest absolute Gasteiger partial charge is 0.508 e. The highest BCUT2D eigenvalue weighted by atomic mass is 32.2. The zero-order valence-corrected chi connectivity index (χ0v) is 10.7. The summed E-state index contributed by atoms with van der Waals surface area (Å²) < 4.78 is 32.9. The van der Waals surface area contributed by atoms with E-state index in [0.29, 0.717) is 31.9 Å². The van der Waals surface area contributed by atoms with Crippen molar-refractivity contribution in [3.63, 3.8) is 0 Å². The van der Waals surface area contributed by atoms with E-state index in [9.17, 15) is 13.5 Å². The quantitative estimate of drug-likeness (QED) is 0.812. The Balaban J connectivity index is 1.96. The molecule has 1 aliphatic heterocycles. The number of aromatic hydroxyl groups is 1. The van der Waals surface area contributed by atoms with Crippen LogP contribution in [0.5, 0.6) is 5.75 Å². The van der Waals surface area contributed by atoms with Gasteiger partial charge in [0.25, 0.3) is 10.2 Å². The van der Waals surface area contributed by atoms with Crippen LogP contribution in [0.25, 0.3) is 0 Å². The van der Waals surface area contributed by atoms with E-state index in [1.807, 2.05) is 0 Å². The number of nitrogens with zero attached hydrogens (tertiary/aromatic N) is 1. The van der Waals surface area contributed by atoms with Gasteiger partial charge in [-0.25, -0.2) is 0 Å². The molecule has 18 heavy (non-hydrogen) atoms. The summed E-state index contributed by atoms with van der Waals surface area (Å²) in [5, 5.41) is 9.29. The lowest BCUT2D eigenvalue weighted by molar-refractivity contribution is 0.0725. The van der Waals surface area contributed by atoms with Crippen molar-refractivity contribution in [2.75, 3.05) is 26.3 Å². The first-order chi connectivity index (χ1) is 8.58. The van der Waals surface area contributed by atoms with E-state index in [1.165, 1.54) is 10.4 Å². The van der Waals surface area contributed by atoms with Crippen molar-refractivity contribution in [2.45, 2.75) is 6.54 Å². The zero-order chi connectivity index (χ0) is 13.0. The maximum absolute atomic E-state index is 11.9. The van der Waals surface area contributed by atoms with Crippen LogP contribution in [-0.2, 0) is 21.5 Å². The van der Waals surface area contributed by atoms with Crippen molar-refractivity contribution >= 4 is 10.2 Å². The van der Waals surface area contributed by atoms with Crippen molar-refractivity contribution in [1.29, 1.82) is 0 Å². The van der Waals surface area contributed by atoms with Gasteiger partial charge in [-0.15, -0.1) is 0 Å². The number of benzene rings is 1. The third-order valence-corrected chi connectivity index (χ3v) is 4.23. The van der Waals surface area contributed by atoms with Gasteiger partial charge in [0.05, 0.1) is 13.2 Å². The van der Waals surface area contributed by atoms with Gasteiger partial charge in [0.1, 0.15) is 5.75 Å². The van der Waals surface area contributed by atoms with E-state index in [-0.39, 0.29) is 12.3 Å². The minimum Gasteiger partial charge on any atom is -0.508 e. The molecule has 1 aromatic rings. The molecule has 1 fully saturated rings. The highest BCUT2D eigenvalue weighted by Crippen LogP contribution is 2.11. The second kappa shape index (κ2) is 5.66. The summed E-state index contributed by atoms with van der Waals surface area (Å²) in [6, 6.07) is 6.50. The van der Waals surface area contributed by atoms with E-state index in [2.05, 4.69) is 4.72 Å². The molecule has 0 unspecified atom stereocenters. The van der Waals surface area contributed by atoms with Crippen molar-refractivity contribution in [3.05, 3.63) is 29.8 Å². The van der Waals surface area contributed by atoms with E-state index in [0.717, 1.165) is 0 Å². The number of phenolic OH excluding ortho intramolecular Hbond substituents is 1. The number of ether oxygens (including phenoxy) is 1. The van der Waals surface area contributed by atoms with Crippen LogP contribution in [0.1, 0.15) is 5.56 Å². The minimum absolute atomic E-state index is 0.123. The zero-order valence-electron chi connectivity index (χ0n) is 9.87. The molecular weight excluding hydrogens is 256 g/mol. The molecule has 0 atom stereocenters. The Kier molecular flexibility index (Phi) is 4.18. The van der Waals surface area contributed by atoms with Gasteiger partial charge >= 0.3 is 0 Å². The van der Waals surface area contributed by atoms with Crippen LogP contribution in [0.4, 0.5) is 0 Å². The molecule has 0 aliphatic carbocycles. The summed E-state index contributed by atoms with van der Waals surface area (Å²) in [6.07, 6.45) is 0. The lowest BCUT2D eigenvalue weighted by Gasteiger charge is -2.26. The highest BCUT2D eigenvalue weighted by Gasteiger charge is 2.23. The molecule has 1 aliphatic rings. The molecule has 2 N–H and O–H groups in total. The first-order valence-corrected chi connectivity index (χ1v) is 7.12. The summed E-state index contributed by atoms with van der Waals surface area (Å²) in [5.41, 5.74) is 0.715. The topological polar surface area (TPSA) is 78.9 Å². The molecule has 1 heterocycles. The predicted molar refractivity (Wildman–Crippen MR) is 66.3 cm³/mol. The number of morpholine rings is 1. The van der Waals surface area contributed by atoms with Gasteiger partial charge in [0, 0.05) is 19.6 Å². The van der Waals surface area contributed by atoms with Crippen LogP contribution in [-0.4, -0.2) is 44.1 Å². The Morgan fingerprint density at radius 2 is 2.06 bits per heavy atom. The van der Waals surface area contributed by atoms with E-state index >= 15 is 0 Å². The number of hydrogen-bond donors (Lipinski definition) is 2. The molecule has 0 spiro atoms. The minimum atomic E-state index is -3.47. The van der Waals surface area contributed by atoms with Gasteiger partial charge in [0.2, 0.25) is 0 Å². The third-order valence-electron chi connectivity index (χ3n) is 2.68. The lowest BCUT2D eigenvalue weighted by atomic mass is 10.2. The van der Waals surface area contributed by atoms with Crippen LogP contribution in [0, 0.1) is 0 Å². The Labute approximate surface area is 106 Å². The normalized spacial score (nSPS) is 17.8. The molecule has 0 radical (unpaired) electrons. The van der Waals surface area contributed by atoms with Crippen LogP contribution >= 0.6 is 0 Å². The van der Waals surface area contributed by atoms with Crippen LogP contribution < -0.4 is 4.72 Å². The van der Waals surface area contributed by atoms with Crippen LogP contribution in [0.2, 0.25) is 0 Å². The van der Waals surface area contributed by atoms with E-state index < -0.39 is 10.2 Å². The molecule has 6 nitrogen and oxygen atoms in total. The number of rotatable bonds is 4. The molecule has 0 amide bonds. The van der Waals surface area contributed by atoms with Crippen LogP contribution in [0.3, 0.4) is 0 Å². The van der Waals surface area contributed by atoms with Gasteiger partial charge < -0.3 is 9.84 Å². The summed E-state index contributed by atoms with van der Waals surface area (Å²) in [7, 11) is -3.47. The van der Waals surface area contributed by atoms with Crippen molar-refractivity contribution in [3.8, 4) is 5.75 Å². The van der Waals surface area contributed by atoms with Gasteiger partial charge in [-0.1, -0.05) is 12.1 Å². The van der Waals surface area contributed by atoms with Crippen molar-refractivity contribution in [1.82, 2.24) is 9.03 Å². The second-order valence-corrected chi connectivity index (χ2v) is 5.76. The summed E-state index contributed by atoms with van der Waals surface area (Å²) in [6.45, 7) is 1.75. The summed E-state index contributed by atoms with van der Waals surface area (Å²) in [4.78, 5) is 0. The number of hydrogen-bond acceptors (Lipinski definition) is 4. The number of nitrogens with one attached hydrogen (secondary N) is 1. The smallest absolute Gasteiger partial charge is 0.279 e. The van der Waals surface area contributed by atoms with Gasteiger partial charge in [-0.05, 0) is 17.7 Å². The summed E-state index contributed by atoms with van der Waals surface area (Å²) in [5.74, 6) is 0.123. The molecule has 0 bridgehead atoms. The fraction of sp³-hybridized carbons (Fsp3) is 0.455. The molecule has 0 saturated carbocycles. The molecule has 7 heteroatoms. The average Bonchev–Trinajstić information content (AvgIpc) is 2.38. The van der Waals surface area contributed by atoms with Crippen molar-refractivity contribution < 1.29 is 18.3 Å². The molecule has 1 saturated heterocycles. The van der Waals surface area contributed by atoms with Crippen LogP contribution in [0.15, 0.2) is 24.3 Å². The van der Waals surface area contributed by atoms with Gasteiger partial charge in [0.15, 0.2) is 0 Å². The molecule has 2 rings (SSSR count). The van der Waals surface area contributed by atoms with Crippen molar-refractivity contribution in [2.24, 2.45) is 0 Å². The Hall–Kier alpha value is -1.15. The number of phenols is 1. The van der Waals surface area contributed by atoms with Gasteiger partial charge in [-0.2, -0.15) is 17.4 Å². The average molecular weight is 272 g/mol. The van der Waals surface area contributed by atoms with E-state index in [1.54, 1.807) is 18.2 Å². The standard InChI is InChI=1S/C11H16N2O4S/c14-11-3-1-2-10(8-11)9-12-18(15,16)13-4-6-17-7-5-13/h1-3,8,12,14H,4-7,9H2. The fourth-order valence-corrected chi connectivity index (χ4v) is 2.88. The second-order valence-electron chi connectivity index (χ2n) is 4.01.